The maximum atomic E-state index is 14.0. The van der Waals surface area contributed by atoms with Crippen LogP contribution in [0.3, 0.4) is 0 Å². The average Bonchev–Trinajstić information content (AvgIpc) is 2.52. The molecule has 0 amide bonds. The predicted octanol–water partition coefficient (Wildman–Crippen LogP) is 3.36. The Bertz CT molecular complexity index is 433. The van der Waals surface area contributed by atoms with Gasteiger partial charge in [0.05, 0.1) is 7.11 Å². The maximum Gasteiger partial charge on any atom is 0.165 e. The van der Waals surface area contributed by atoms with Crippen LogP contribution in [0.4, 0.5) is 4.39 Å². The van der Waals surface area contributed by atoms with Crippen molar-refractivity contribution in [3.8, 4) is 5.75 Å². The van der Waals surface area contributed by atoms with Crippen LogP contribution in [-0.2, 0) is 0 Å². The Morgan fingerprint density at radius 3 is 2.71 bits per heavy atom. The number of unbranched alkanes of at least 4 members (excludes halogenated alkanes) is 2. The van der Waals surface area contributed by atoms with Gasteiger partial charge in [0.1, 0.15) is 0 Å². The fourth-order valence-corrected chi connectivity index (χ4v) is 3.12. The molecule has 1 aromatic carbocycles. The van der Waals surface area contributed by atoms with Crippen molar-refractivity contribution < 1.29 is 9.13 Å². The van der Waals surface area contributed by atoms with E-state index in [1.807, 2.05) is 6.07 Å². The van der Waals surface area contributed by atoms with Crippen molar-refractivity contribution in [1.29, 1.82) is 0 Å². The lowest BCUT2D eigenvalue weighted by Gasteiger charge is -2.36. The van der Waals surface area contributed by atoms with Gasteiger partial charge in [-0.3, -0.25) is 4.90 Å². The van der Waals surface area contributed by atoms with E-state index in [4.69, 9.17) is 4.74 Å². The highest BCUT2D eigenvalue weighted by Crippen LogP contribution is 2.35. The number of hydrogen-bond donors (Lipinski definition) is 1. The van der Waals surface area contributed by atoms with Gasteiger partial charge in [-0.05, 0) is 12.5 Å². The third-order valence-electron chi connectivity index (χ3n) is 4.23. The summed E-state index contributed by atoms with van der Waals surface area (Å²) < 4.78 is 19.3. The number of halogens is 1. The SMILES string of the molecule is CCCCC[C@H](c1cccc(F)c1OC)N1CCNCC1. The first-order chi connectivity index (χ1) is 10.3. The minimum absolute atomic E-state index is 0.254. The molecule has 0 radical (unpaired) electrons. The van der Waals surface area contributed by atoms with E-state index in [0.29, 0.717) is 5.75 Å². The molecule has 3 nitrogen and oxygen atoms in total. The second-order valence-electron chi connectivity index (χ2n) is 5.66. The van der Waals surface area contributed by atoms with E-state index in [-0.39, 0.29) is 11.9 Å². The smallest absolute Gasteiger partial charge is 0.165 e. The molecule has 0 bridgehead atoms. The van der Waals surface area contributed by atoms with Crippen LogP contribution >= 0.6 is 0 Å². The summed E-state index contributed by atoms with van der Waals surface area (Å²) in [5, 5.41) is 3.38. The highest BCUT2D eigenvalue weighted by Gasteiger charge is 2.25. The number of rotatable bonds is 7. The lowest BCUT2D eigenvalue weighted by atomic mass is 9.97. The minimum Gasteiger partial charge on any atom is -0.493 e. The number of piperazine rings is 1. The second-order valence-corrected chi connectivity index (χ2v) is 5.66. The lowest BCUT2D eigenvalue weighted by molar-refractivity contribution is 0.159. The van der Waals surface area contributed by atoms with Crippen molar-refractivity contribution >= 4 is 0 Å². The Morgan fingerprint density at radius 2 is 2.05 bits per heavy atom. The number of benzene rings is 1. The molecule has 1 saturated heterocycles. The van der Waals surface area contributed by atoms with E-state index in [1.54, 1.807) is 13.2 Å². The van der Waals surface area contributed by atoms with Gasteiger partial charge in [0.15, 0.2) is 11.6 Å². The van der Waals surface area contributed by atoms with Gasteiger partial charge in [-0.25, -0.2) is 4.39 Å². The van der Waals surface area contributed by atoms with Crippen LogP contribution in [0, 0.1) is 5.82 Å². The highest BCUT2D eigenvalue weighted by molar-refractivity contribution is 5.37. The molecule has 0 saturated carbocycles. The highest BCUT2D eigenvalue weighted by atomic mass is 19.1. The minimum atomic E-state index is -0.259. The van der Waals surface area contributed by atoms with E-state index in [9.17, 15) is 4.39 Å². The fourth-order valence-electron chi connectivity index (χ4n) is 3.12. The molecule has 0 spiro atoms. The van der Waals surface area contributed by atoms with Gasteiger partial charge >= 0.3 is 0 Å². The number of hydrogen-bond acceptors (Lipinski definition) is 3. The van der Waals surface area contributed by atoms with Gasteiger partial charge in [0.2, 0.25) is 0 Å². The number of ether oxygens (including phenoxy) is 1. The molecule has 118 valence electrons. The van der Waals surface area contributed by atoms with Gasteiger partial charge in [-0.15, -0.1) is 0 Å². The molecule has 0 aromatic heterocycles. The molecule has 0 unspecified atom stereocenters. The molecule has 0 aliphatic carbocycles. The molecule has 1 atom stereocenters. The van der Waals surface area contributed by atoms with Crippen LogP contribution < -0.4 is 10.1 Å². The Kier molecular flexibility index (Phi) is 6.46. The van der Waals surface area contributed by atoms with Crippen LogP contribution in [0.2, 0.25) is 0 Å². The number of methoxy groups -OCH3 is 1. The Hall–Kier alpha value is -1.13. The van der Waals surface area contributed by atoms with Crippen molar-refractivity contribution in [2.45, 2.75) is 38.6 Å². The summed E-state index contributed by atoms with van der Waals surface area (Å²) >= 11 is 0. The summed E-state index contributed by atoms with van der Waals surface area (Å²) in [4.78, 5) is 2.46. The fraction of sp³-hybridized carbons (Fsp3) is 0.647. The zero-order chi connectivity index (χ0) is 15.1. The molecule has 1 aliphatic heterocycles. The third-order valence-corrected chi connectivity index (χ3v) is 4.23. The molecule has 1 aliphatic rings. The lowest BCUT2D eigenvalue weighted by Crippen LogP contribution is -2.45. The number of nitrogens with one attached hydrogen (secondary N) is 1. The summed E-state index contributed by atoms with van der Waals surface area (Å²) in [5.41, 5.74) is 0.996. The van der Waals surface area contributed by atoms with Gasteiger partial charge in [-0.2, -0.15) is 0 Å². The van der Waals surface area contributed by atoms with Crippen molar-refractivity contribution in [2.75, 3.05) is 33.3 Å². The standard InChI is InChI=1S/C17H27FN2O/c1-3-4-5-9-16(20-12-10-19-11-13-20)14-7-6-8-15(18)17(14)21-2/h6-8,16,19H,3-5,9-13H2,1-2H3/t16-/m1/s1. The summed E-state index contributed by atoms with van der Waals surface area (Å²) in [6.07, 6.45) is 4.66. The van der Waals surface area contributed by atoms with Gasteiger partial charge in [0.25, 0.3) is 0 Å². The molecule has 21 heavy (non-hydrogen) atoms. The molecule has 1 fully saturated rings. The van der Waals surface area contributed by atoms with Crippen molar-refractivity contribution in [3.05, 3.63) is 29.6 Å². The second kappa shape index (κ2) is 8.35. The quantitative estimate of drug-likeness (QED) is 0.780. The van der Waals surface area contributed by atoms with Crippen LogP contribution in [0.25, 0.3) is 0 Å². The maximum absolute atomic E-state index is 14.0. The molecule has 4 heteroatoms. The predicted molar refractivity (Wildman–Crippen MR) is 84.3 cm³/mol. The van der Waals surface area contributed by atoms with Crippen molar-refractivity contribution in [3.63, 3.8) is 0 Å². The van der Waals surface area contributed by atoms with Crippen LogP contribution in [0.1, 0.15) is 44.2 Å². The normalized spacial score (nSPS) is 17.7. The molecule has 2 rings (SSSR count). The Morgan fingerprint density at radius 1 is 1.29 bits per heavy atom. The van der Waals surface area contributed by atoms with Crippen LogP contribution in [0.15, 0.2) is 18.2 Å². The van der Waals surface area contributed by atoms with E-state index < -0.39 is 0 Å². The van der Waals surface area contributed by atoms with Crippen LogP contribution in [-0.4, -0.2) is 38.2 Å². The largest absolute Gasteiger partial charge is 0.493 e. The summed E-state index contributed by atoms with van der Waals surface area (Å²) in [5.74, 6) is 0.156. The van der Waals surface area contributed by atoms with Gasteiger partial charge in [0, 0.05) is 37.8 Å². The van der Waals surface area contributed by atoms with E-state index >= 15 is 0 Å². The summed E-state index contributed by atoms with van der Waals surface area (Å²) in [6.45, 7) is 6.24. The van der Waals surface area contributed by atoms with E-state index in [1.165, 1.54) is 25.3 Å². The Labute approximate surface area is 127 Å². The topological polar surface area (TPSA) is 24.5 Å². The summed E-state index contributed by atoms with van der Waals surface area (Å²) in [7, 11) is 1.56. The van der Waals surface area contributed by atoms with Gasteiger partial charge < -0.3 is 10.1 Å². The monoisotopic (exact) mass is 294 g/mol. The number of nitrogens with zero attached hydrogens (tertiary/aromatic N) is 1. The Balaban J connectivity index is 2.22. The molecular formula is C17H27FN2O. The molecular weight excluding hydrogens is 267 g/mol. The van der Waals surface area contributed by atoms with Crippen LogP contribution in [0.5, 0.6) is 5.75 Å². The summed E-state index contributed by atoms with van der Waals surface area (Å²) in [6, 6.07) is 5.54. The molecule has 1 aromatic rings. The first-order valence-electron chi connectivity index (χ1n) is 8.05. The molecule has 1 N–H and O–H groups in total. The zero-order valence-electron chi connectivity index (χ0n) is 13.2. The zero-order valence-corrected chi connectivity index (χ0v) is 13.2. The average molecular weight is 294 g/mol. The molecule has 1 heterocycles. The van der Waals surface area contributed by atoms with Crippen molar-refractivity contribution in [1.82, 2.24) is 10.2 Å². The van der Waals surface area contributed by atoms with Crippen molar-refractivity contribution in [2.24, 2.45) is 0 Å². The van der Waals surface area contributed by atoms with E-state index in [0.717, 1.165) is 38.2 Å². The number of para-hydroxylation sites is 1. The third kappa shape index (κ3) is 4.17. The van der Waals surface area contributed by atoms with E-state index in [2.05, 4.69) is 17.1 Å². The van der Waals surface area contributed by atoms with Gasteiger partial charge in [-0.1, -0.05) is 38.3 Å². The first-order valence-corrected chi connectivity index (χ1v) is 8.05. The first kappa shape index (κ1) is 16.2.